The zero-order valence-electron chi connectivity index (χ0n) is 9.91. The van der Waals surface area contributed by atoms with Crippen LogP contribution < -0.4 is 5.32 Å². The Labute approximate surface area is 112 Å². The van der Waals surface area contributed by atoms with E-state index in [0.29, 0.717) is 16.6 Å². The molecule has 1 N–H and O–H groups in total. The van der Waals surface area contributed by atoms with Crippen LogP contribution in [-0.2, 0) is 11.3 Å². The van der Waals surface area contributed by atoms with E-state index in [2.05, 4.69) is 31.4 Å². The van der Waals surface area contributed by atoms with Crippen molar-refractivity contribution in [1.29, 1.82) is 0 Å². The molecule has 0 fully saturated rings. The quantitative estimate of drug-likeness (QED) is 0.678. The van der Waals surface area contributed by atoms with Crippen molar-refractivity contribution in [2.75, 3.05) is 5.33 Å². The second-order valence-corrected chi connectivity index (χ2v) is 6.11. The van der Waals surface area contributed by atoms with E-state index in [4.69, 9.17) is 0 Å². The Balaban J connectivity index is 2.56. The lowest BCUT2D eigenvalue weighted by Gasteiger charge is -2.16. The van der Waals surface area contributed by atoms with Gasteiger partial charge in [0.25, 0.3) is 0 Å². The number of hydrogen-bond donors (Lipinski definition) is 1. The third-order valence-corrected chi connectivity index (χ3v) is 3.38. The molecule has 1 heterocycles. The van der Waals surface area contributed by atoms with Crippen molar-refractivity contribution in [3.8, 4) is 0 Å². The molecular weight excluding hydrogens is 306 g/mol. The highest BCUT2D eigenvalue weighted by Crippen LogP contribution is 2.14. The molecule has 7 heteroatoms. The summed E-state index contributed by atoms with van der Waals surface area (Å²) in [6.07, 6.45) is 0. The van der Waals surface area contributed by atoms with Crippen LogP contribution in [0.4, 0.5) is 0 Å². The summed E-state index contributed by atoms with van der Waals surface area (Å²) in [4.78, 5) is 22.9. The van der Waals surface area contributed by atoms with Crippen LogP contribution in [-0.4, -0.2) is 27.2 Å². The summed E-state index contributed by atoms with van der Waals surface area (Å²) in [5.74, 6) is -0.156. The first kappa shape index (κ1) is 14.2. The second-order valence-electron chi connectivity index (χ2n) is 4.49. The van der Waals surface area contributed by atoms with Gasteiger partial charge in [-0.2, -0.15) is 0 Å². The number of hydrogen-bond acceptors (Lipinski definition) is 5. The molecular formula is C10H14BrN3O2S. The minimum atomic E-state index is -0.431. The van der Waals surface area contributed by atoms with Crippen LogP contribution in [0.3, 0.4) is 0 Å². The maximum atomic E-state index is 11.6. The number of Topliss-reactive ketones (excluding diaryl/α,β-unsaturated/α-hetero) is 1. The molecule has 0 aliphatic heterocycles. The highest BCUT2D eigenvalue weighted by atomic mass is 79.9. The van der Waals surface area contributed by atoms with Gasteiger partial charge in [-0.05, 0) is 0 Å². The Morgan fingerprint density at radius 2 is 2.00 bits per heavy atom. The molecule has 0 saturated carbocycles. The van der Waals surface area contributed by atoms with Gasteiger partial charge in [-0.15, -0.1) is 10.2 Å². The summed E-state index contributed by atoms with van der Waals surface area (Å²) >= 11 is 4.27. The minimum absolute atomic E-state index is 0.0546. The van der Waals surface area contributed by atoms with E-state index in [1.807, 2.05) is 20.8 Å². The number of rotatable bonds is 4. The topological polar surface area (TPSA) is 72.0 Å². The monoisotopic (exact) mass is 319 g/mol. The maximum Gasteiger partial charge on any atom is 0.225 e. The number of amides is 1. The Kier molecular flexibility index (Phi) is 4.76. The standard InChI is InChI=1S/C10H14BrN3O2S/c1-10(2,3)9(16)12-5-7-13-14-8(17-7)6(15)4-11/h4-5H2,1-3H3,(H,12,16). The van der Waals surface area contributed by atoms with Crippen LogP contribution >= 0.6 is 27.3 Å². The van der Waals surface area contributed by atoms with Gasteiger partial charge < -0.3 is 5.32 Å². The van der Waals surface area contributed by atoms with Crippen LogP contribution in [0.15, 0.2) is 0 Å². The van der Waals surface area contributed by atoms with Crippen molar-refractivity contribution < 1.29 is 9.59 Å². The molecule has 0 aliphatic carbocycles. The van der Waals surface area contributed by atoms with Crippen molar-refractivity contribution in [1.82, 2.24) is 15.5 Å². The summed E-state index contributed by atoms with van der Waals surface area (Å²) in [7, 11) is 0. The summed E-state index contributed by atoms with van der Waals surface area (Å²) in [5, 5.41) is 11.6. The predicted molar refractivity (Wildman–Crippen MR) is 69.3 cm³/mol. The number of aromatic nitrogens is 2. The van der Waals surface area contributed by atoms with Crippen LogP contribution in [0.2, 0.25) is 0 Å². The molecule has 5 nitrogen and oxygen atoms in total. The van der Waals surface area contributed by atoms with Crippen LogP contribution in [0.25, 0.3) is 0 Å². The van der Waals surface area contributed by atoms with E-state index >= 15 is 0 Å². The van der Waals surface area contributed by atoms with Gasteiger partial charge >= 0.3 is 0 Å². The Morgan fingerprint density at radius 3 is 2.53 bits per heavy atom. The third-order valence-electron chi connectivity index (χ3n) is 1.91. The van der Waals surface area contributed by atoms with Gasteiger partial charge in [0, 0.05) is 5.41 Å². The Bertz CT molecular complexity index is 425. The summed E-state index contributed by atoms with van der Waals surface area (Å²) in [6.45, 7) is 5.82. The first-order chi connectivity index (χ1) is 7.84. The van der Waals surface area contributed by atoms with Crippen molar-refractivity contribution in [3.63, 3.8) is 0 Å². The zero-order chi connectivity index (χ0) is 13.1. The fourth-order valence-electron chi connectivity index (χ4n) is 0.916. The first-order valence-corrected chi connectivity index (χ1v) is 6.98. The fourth-order valence-corrected chi connectivity index (χ4v) is 2.08. The van der Waals surface area contributed by atoms with Gasteiger partial charge in [-0.1, -0.05) is 48.0 Å². The average Bonchev–Trinajstić information content (AvgIpc) is 2.72. The molecule has 1 amide bonds. The van der Waals surface area contributed by atoms with Crippen LogP contribution in [0, 0.1) is 5.41 Å². The van der Waals surface area contributed by atoms with Crippen LogP contribution in [0.5, 0.6) is 0 Å². The number of carbonyl (C=O) groups excluding carboxylic acids is 2. The highest BCUT2D eigenvalue weighted by molar-refractivity contribution is 9.09. The SMILES string of the molecule is CC(C)(C)C(=O)NCc1nnc(C(=O)CBr)s1. The zero-order valence-corrected chi connectivity index (χ0v) is 12.3. The van der Waals surface area contributed by atoms with E-state index in [-0.39, 0.29) is 17.0 Å². The molecule has 94 valence electrons. The van der Waals surface area contributed by atoms with Crippen molar-refractivity contribution in [2.45, 2.75) is 27.3 Å². The average molecular weight is 320 g/mol. The molecule has 0 aliphatic rings. The fraction of sp³-hybridized carbons (Fsp3) is 0.600. The molecule has 0 saturated heterocycles. The highest BCUT2D eigenvalue weighted by Gasteiger charge is 2.21. The third kappa shape index (κ3) is 4.16. The smallest absolute Gasteiger partial charge is 0.225 e. The predicted octanol–water partition coefficient (Wildman–Crippen LogP) is 1.78. The minimum Gasteiger partial charge on any atom is -0.349 e. The molecule has 0 radical (unpaired) electrons. The molecule has 0 unspecified atom stereocenters. The maximum absolute atomic E-state index is 11.6. The second kappa shape index (κ2) is 5.68. The van der Waals surface area contributed by atoms with E-state index in [9.17, 15) is 9.59 Å². The van der Waals surface area contributed by atoms with Gasteiger partial charge in [0.1, 0.15) is 5.01 Å². The lowest BCUT2D eigenvalue weighted by molar-refractivity contribution is -0.128. The first-order valence-electron chi connectivity index (χ1n) is 5.04. The molecule has 0 aromatic carbocycles. The number of nitrogens with one attached hydrogen (secondary N) is 1. The number of ketones is 1. The van der Waals surface area contributed by atoms with Crippen molar-refractivity contribution >= 4 is 39.0 Å². The summed E-state index contributed by atoms with van der Waals surface area (Å²) in [6, 6.07) is 0. The molecule has 1 aromatic heterocycles. The number of halogens is 1. The van der Waals surface area contributed by atoms with E-state index in [1.54, 1.807) is 0 Å². The number of nitrogens with zero attached hydrogens (tertiary/aromatic N) is 2. The lowest BCUT2D eigenvalue weighted by atomic mass is 9.96. The van der Waals surface area contributed by atoms with Gasteiger partial charge in [0.15, 0.2) is 5.01 Å². The van der Waals surface area contributed by atoms with Gasteiger partial charge in [0.2, 0.25) is 11.7 Å². The molecule has 1 rings (SSSR count). The Hall–Kier alpha value is -0.820. The van der Waals surface area contributed by atoms with E-state index in [1.165, 1.54) is 11.3 Å². The molecule has 0 atom stereocenters. The molecule has 17 heavy (non-hydrogen) atoms. The van der Waals surface area contributed by atoms with Gasteiger partial charge in [-0.25, -0.2) is 0 Å². The summed E-state index contributed by atoms with van der Waals surface area (Å²) < 4.78 is 0. The number of alkyl halides is 1. The lowest BCUT2D eigenvalue weighted by Crippen LogP contribution is -2.34. The van der Waals surface area contributed by atoms with Crippen molar-refractivity contribution in [3.05, 3.63) is 10.0 Å². The Morgan fingerprint density at radius 1 is 1.35 bits per heavy atom. The van der Waals surface area contributed by atoms with E-state index in [0.717, 1.165) is 0 Å². The normalized spacial score (nSPS) is 11.3. The van der Waals surface area contributed by atoms with E-state index < -0.39 is 5.41 Å². The largest absolute Gasteiger partial charge is 0.349 e. The van der Waals surface area contributed by atoms with Crippen molar-refractivity contribution in [2.24, 2.45) is 5.41 Å². The molecule has 1 aromatic rings. The number of carbonyl (C=O) groups is 2. The van der Waals surface area contributed by atoms with Crippen LogP contribution in [0.1, 0.15) is 35.6 Å². The van der Waals surface area contributed by atoms with Gasteiger partial charge in [-0.3, -0.25) is 9.59 Å². The summed E-state index contributed by atoms with van der Waals surface area (Å²) in [5.41, 5.74) is -0.431. The molecule has 0 spiro atoms. The van der Waals surface area contributed by atoms with Gasteiger partial charge in [0.05, 0.1) is 11.9 Å². The molecule has 0 bridgehead atoms.